The molecule has 3 nitrogen and oxygen atoms in total. The largest absolute Gasteiger partial charge is 0.367 e. The minimum Gasteiger partial charge on any atom is -0.367 e. The summed E-state index contributed by atoms with van der Waals surface area (Å²) >= 11 is 5.35. The van der Waals surface area contributed by atoms with Crippen molar-refractivity contribution in [2.45, 2.75) is 64.9 Å². The van der Waals surface area contributed by atoms with Gasteiger partial charge in [-0.2, -0.15) is 0 Å². The van der Waals surface area contributed by atoms with Crippen molar-refractivity contribution in [3.63, 3.8) is 0 Å². The maximum atomic E-state index is 6.15. The van der Waals surface area contributed by atoms with Crippen LogP contribution in [0.1, 0.15) is 70.8 Å². The van der Waals surface area contributed by atoms with Gasteiger partial charge in [-0.05, 0) is 50.5 Å². The van der Waals surface area contributed by atoms with Crippen molar-refractivity contribution in [2.24, 2.45) is 5.92 Å². The minimum absolute atomic E-state index is 0.264. The molecule has 0 saturated heterocycles. The molecule has 0 unspecified atom stereocenters. The summed E-state index contributed by atoms with van der Waals surface area (Å²) in [5.41, 5.74) is 0.886. The average molecular weight is 294 g/mol. The summed E-state index contributed by atoms with van der Waals surface area (Å²) in [5.74, 6) is 2.13. The zero-order valence-electron chi connectivity index (χ0n) is 13.0. The van der Waals surface area contributed by atoms with Gasteiger partial charge in [0.05, 0.1) is 0 Å². The molecule has 1 aromatic heterocycles. The number of hydrogen-bond donors (Lipinski definition) is 1. The highest BCUT2D eigenvalue weighted by Gasteiger charge is 2.38. The number of nitrogens with zero attached hydrogens (tertiary/aromatic N) is 1. The van der Waals surface area contributed by atoms with E-state index in [0.29, 0.717) is 17.2 Å². The van der Waals surface area contributed by atoms with E-state index in [1.807, 2.05) is 6.07 Å². The number of nitrogens with one attached hydrogen (secondary N) is 1. The standard InChI is InChI=1S/C16H26N2OS/c1-5-19-16(8-6-12(4)7-9-16)15-17-13(11(2)3)10-14(20)18-15/h10-12H,5-9H2,1-4H3,(H,17,18,20). The smallest absolute Gasteiger partial charge is 0.140 e. The molecule has 1 saturated carbocycles. The van der Waals surface area contributed by atoms with Crippen molar-refractivity contribution in [1.82, 2.24) is 9.97 Å². The van der Waals surface area contributed by atoms with Gasteiger partial charge in [0.25, 0.3) is 0 Å². The van der Waals surface area contributed by atoms with Crippen LogP contribution in [0.4, 0.5) is 0 Å². The molecule has 1 aliphatic rings. The second-order valence-electron chi connectivity index (χ2n) is 6.29. The van der Waals surface area contributed by atoms with Gasteiger partial charge in [0.1, 0.15) is 16.1 Å². The quantitative estimate of drug-likeness (QED) is 0.818. The van der Waals surface area contributed by atoms with E-state index >= 15 is 0 Å². The zero-order valence-corrected chi connectivity index (χ0v) is 13.8. The van der Waals surface area contributed by atoms with E-state index in [-0.39, 0.29) is 5.60 Å². The molecule has 112 valence electrons. The molecule has 0 bridgehead atoms. The van der Waals surface area contributed by atoms with Gasteiger partial charge in [0, 0.05) is 12.3 Å². The summed E-state index contributed by atoms with van der Waals surface area (Å²) in [6, 6.07) is 1.97. The van der Waals surface area contributed by atoms with E-state index in [4.69, 9.17) is 17.0 Å². The lowest BCUT2D eigenvalue weighted by Crippen LogP contribution is -2.36. The summed E-state index contributed by atoms with van der Waals surface area (Å²) in [6.45, 7) is 9.42. The van der Waals surface area contributed by atoms with Crippen LogP contribution in [-0.2, 0) is 10.3 Å². The summed E-state index contributed by atoms with van der Waals surface area (Å²) in [7, 11) is 0. The predicted molar refractivity (Wildman–Crippen MR) is 84.4 cm³/mol. The van der Waals surface area contributed by atoms with Crippen LogP contribution in [0.3, 0.4) is 0 Å². The van der Waals surface area contributed by atoms with Gasteiger partial charge in [0.2, 0.25) is 0 Å². The summed E-state index contributed by atoms with van der Waals surface area (Å²) in [6.07, 6.45) is 4.44. The molecule has 0 aliphatic heterocycles. The lowest BCUT2D eigenvalue weighted by molar-refractivity contribution is -0.0839. The average Bonchev–Trinajstić information content (AvgIpc) is 2.41. The molecular formula is C16H26N2OS. The molecule has 20 heavy (non-hydrogen) atoms. The van der Waals surface area contributed by atoms with Crippen molar-refractivity contribution in [2.75, 3.05) is 6.61 Å². The fraction of sp³-hybridized carbons (Fsp3) is 0.750. The van der Waals surface area contributed by atoms with Crippen LogP contribution in [-0.4, -0.2) is 16.6 Å². The first kappa shape index (κ1) is 15.6. The molecule has 1 N–H and O–H groups in total. The molecule has 0 spiro atoms. The fourth-order valence-corrected chi connectivity index (χ4v) is 3.18. The molecule has 0 amide bonds. The minimum atomic E-state index is -0.264. The number of ether oxygens (including phenoxy) is 1. The lowest BCUT2D eigenvalue weighted by Gasteiger charge is -2.38. The number of rotatable bonds is 4. The Labute approximate surface area is 127 Å². The molecular weight excluding hydrogens is 268 g/mol. The summed E-state index contributed by atoms with van der Waals surface area (Å²) in [4.78, 5) is 8.08. The van der Waals surface area contributed by atoms with E-state index < -0.39 is 0 Å². The third-order valence-electron chi connectivity index (χ3n) is 4.32. The van der Waals surface area contributed by atoms with Gasteiger partial charge < -0.3 is 9.72 Å². The highest BCUT2D eigenvalue weighted by molar-refractivity contribution is 7.71. The number of hydrogen-bond acceptors (Lipinski definition) is 3. The van der Waals surface area contributed by atoms with Crippen LogP contribution >= 0.6 is 12.2 Å². The Hall–Kier alpha value is -0.740. The molecule has 0 atom stereocenters. The second-order valence-corrected chi connectivity index (χ2v) is 6.71. The molecule has 4 heteroatoms. The van der Waals surface area contributed by atoms with E-state index in [0.717, 1.165) is 30.3 Å². The lowest BCUT2D eigenvalue weighted by atomic mass is 9.78. The maximum absolute atomic E-state index is 6.15. The summed E-state index contributed by atoms with van der Waals surface area (Å²) < 4.78 is 6.82. The maximum Gasteiger partial charge on any atom is 0.140 e. The Morgan fingerprint density at radius 1 is 1.45 bits per heavy atom. The van der Waals surface area contributed by atoms with Crippen LogP contribution in [0.25, 0.3) is 0 Å². The Morgan fingerprint density at radius 3 is 2.65 bits per heavy atom. The van der Waals surface area contributed by atoms with Crippen molar-refractivity contribution in [3.8, 4) is 0 Å². The third-order valence-corrected chi connectivity index (χ3v) is 4.53. The van der Waals surface area contributed by atoms with Gasteiger partial charge >= 0.3 is 0 Å². The Bertz CT molecular complexity index is 501. The Kier molecular flexibility index (Phi) is 4.97. The van der Waals surface area contributed by atoms with Crippen LogP contribution in [0.5, 0.6) is 0 Å². The topological polar surface area (TPSA) is 37.9 Å². The molecule has 1 heterocycles. The molecule has 0 aromatic carbocycles. The number of H-pyrrole nitrogens is 1. The van der Waals surface area contributed by atoms with Crippen molar-refractivity contribution < 1.29 is 4.74 Å². The van der Waals surface area contributed by atoms with Gasteiger partial charge in [-0.3, -0.25) is 0 Å². The van der Waals surface area contributed by atoms with E-state index in [2.05, 4.69) is 37.7 Å². The van der Waals surface area contributed by atoms with Gasteiger partial charge in [0.15, 0.2) is 0 Å². The van der Waals surface area contributed by atoms with Crippen molar-refractivity contribution in [3.05, 3.63) is 22.2 Å². The zero-order chi connectivity index (χ0) is 14.8. The SMILES string of the molecule is CCOC1(c2nc(=S)cc(C(C)C)[nH]2)CCC(C)CC1. The van der Waals surface area contributed by atoms with Crippen LogP contribution in [0.15, 0.2) is 6.07 Å². The third kappa shape index (κ3) is 3.29. The highest BCUT2D eigenvalue weighted by Crippen LogP contribution is 2.41. The van der Waals surface area contributed by atoms with Crippen LogP contribution in [0, 0.1) is 10.6 Å². The first-order valence-electron chi connectivity index (χ1n) is 7.72. The van der Waals surface area contributed by atoms with Crippen molar-refractivity contribution in [1.29, 1.82) is 0 Å². The fourth-order valence-electron chi connectivity index (χ4n) is 2.96. The van der Waals surface area contributed by atoms with Gasteiger partial charge in [-0.25, -0.2) is 4.98 Å². The van der Waals surface area contributed by atoms with Crippen LogP contribution in [0.2, 0.25) is 0 Å². The van der Waals surface area contributed by atoms with E-state index in [1.54, 1.807) is 0 Å². The first-order valence-corrected chi connectivity index (χ1v) is 8.13. The molecule has 1 aromatic rings. The number of aromatic amines is 1. The highest BCUT2D eigenvalue weighted by atomic mass is 32.1. The van der Waals surface area contributed by atoms with Gasteiger partial charge in [-0.15, -0.1) is 0 Å². The van der Waals surface area contributed by atoms with Crippen molar-refractivity contribution >= 4 is 12.2 Å². The van der Waals surface area contributed by atoms with Gasteiger partial charge in [-0.1, -0.05) is 33.0 Å². The monoisotopic (exact) mass is 294 g/mol. The molecule has 1 fully saturated rings. The number of aromatic nitrogens is 2. The predicted octanol–water partition coefficient (Wildman–Crippen LogP) is 4.70. The summed E-state index contributed by atoms with van der Waals surface area (Å²) in [5, 5.41) is 0. The molecule has 2 rings (SSSR count). The van der Waals surface area contributed by atoms with E-state index in [1.165, 1.54) is 12.8 Å². The first-order chi connectivity index (χ1) is 9.47. The molecule has 0 radical (unpaired) electrons. The molecule has 1 aliphatic carbocycles. The normalized spacial score (nSPS) is 26.9. The Morgan fingerprint density at radius 2 is 2.10 bits per heavy atom. The second kappa shape index (κ2) is 6.35. The Balaban J connectivity index is 2.41. The van der Waals surface area contributed by atoms with E-state index in [9.17, 15) is 0 Å². The van der Waals surface area contributed by atoms with Crippen LogP contribution < -0.4 is 0 Å².